The van der Waals surface area contributed by atoms with Gasteiger partial charge in [-0.15, -0.1) is 0 Å². The van der Waals surface area contributed by atoms with Crippen molar-refractivity contribution in [1.82, 2.24) is 0 Å². The number of hydrogen-bond acceptors (Lipinski definition) is 2. The third-order valence-corrected chi connectivity index (χ3v) is 3.34. The van der Waals surface area contributed by atoms with Gasteiger partial charge in [0.15, 0.2) is 0 Å². The predicted molar refractivity (Wildman–Crippen MR) is 86.4 cm³/mol. The van der Waals surface area contributed by atoms with E-state index in [0.29, 0.717) is 10.7 Å². The largest absolute Gasteiger partial charge is 0.456 e. The van der Waals surface area contributed by atoms with Crippen LogP contribution in [0.1, 0.15) is 5.56 Å². The molecule has 20 heavy (non-hydrogen) atoms. The van der Waals surface area contributed by atoms with Crippen molar-refractivity contribution in [1.29, 1.82) is 0 Å². The molecule has 0 aliphatic heterocycles. The number of nitrogens with two attached hydrogens (primary N) is 1. The Kier molecular flexibility index (Phi) is 3.35. The van der Waals surface area contributed by atoms with Gasteiger partial charge in [-0.3, -0.25) is 0 Å². The molecule has 0 amide bonds. The van der Waals surface area contributed by atoms with Gasteiger partial charge < -0.3 is 10.5 Å². The Hall–Kier alpha value is -2.39. The van der Waals surface area contributed by atoms with Gasteiger partial charge in [0.2, 0.25) is 0 Å². The topological polar surface area (TPSA) is 35.2 Å². The lowest BCUT2D eigenvalue weighted by Gasteiger charge is -2.12. The second-order valence-electron chi connectivity index (χ2n) is 4.44. The van der Waals surface area contributed by atoms with E-state index in [2.05, 4.69) is 12.1 Å². The van der Waals surface area contributed by atoms with Crippen LogP contribution in [0.15, 0.2) is 66.7 Å². The highest BCUT2D eigenvalue weighted by molar-refractivity contribution is 7.80. The second kappa shape index (κ2) is 5.31. The van der Waals surface area contributed by atoms with Crippen molar-refractivity contribution < 1.29 is 4.74 Å². The highest BCUT2D eigenvalue weighted by Crippen LogP contribution is 2.31. The lowest BCUT2D eigenvalue weighted by molar-refractivity contribution is 0.487. The maximum absolute atomic E-state index is 6.02. The van der Waals surface area contributed by atoms with Crippen LogP contribution in [0.2, 0.25) is 0 Å². The van der Waals surface area contributed by atoms with Crippen LogP contribution in [-0.4, -0.2) is 4.99 Å². The quantitative estimate of drug-likeness (QED) is 0.727. The molecule has 3 aromatic carbocycles. The average molecular weight is 279 g/mol. The summed E-state index contributed by atoms with van der Waals surface area (Å²) in [5, 5.41) is 2.20. The fraction of sp³-hybridized carbons (Fsp3) is 0. The molecule has 2 nitrogen and oxygen atoms in total. The van der Waals surface area contributed by atoms with E-state index in [1.54, 1.807) is 0 Å². The number of fused-ring (bicyclic) bond motifs is 1. The molecule has 0 fully saturated rings. The first-order valence-corrected chi connectivity index (χ1v) is 6.71. The highest BCUT2D eigenvalue weighted by Gasteiger charge is 2.08. The van der Waals surface area contributed by atoms with Crippen LogP contribution in [0.5, 0.6) is 11.5 Å². The third-order valence-electron chi connectivity index (χ3n) is 3.12. The maximum Gasteiger partial charge on any atom is 0.137 e. The molecule has 0 radical (unpaired) electrons. The van der Waals surface area contributed by atoms with Crippen LogP contribution in [0, 0.1) is 0 Å². The molecule has 98 valence electrons. The summed E-state index contributed by atoms with van der Waals surface area (Å²) in [5.41, 5.74) is 6.48. The Morgan fingerprint density at radius 1 is 0.800 bits per heavy atom. The molecule has 0 unspecified atom stereocenters. The summed E-state index contributed by atoms with van der Waals surface area (Å²) in [7, 11) is 0. The summed E-state index contributed by atoms with van der Waals surface area (Å²) in [6, 6.07) is 21.6. The summed E-state index contributed by atoms with van der Waals surface area (Å²) >= 11 is 5.06. The highest BCUT2D eigenvalue weighted by atomic mass is 32.1. The van der Waals surface area contributed by atoms with Crippen LogP contribution in [0.25, 0.3) is 10.8 Å². The lowest BCUT2D eigenvalue weighted by Crippen LogP contribution is -2.10. The minimum absolute atomic E-state index is 0.334. The molecule has 0 aromatic heterocycles. The van der Waals surface area contributed by atoms with Gasteiger partial charge in [-0.1, -0.05) is 60.7 Å². The van der Waals surface area contributed by atoms with Crippen LogP contribution in [-0.2, 0) is 0 Å². The van der Waals surface area contributed by atoms with E-state index in [0.717, 1.165) is 22.1 Å². The predicted octanol–water partition coefficient (Wildman–Crippen LogP) is 4.27. The summed E-state index contributed by atoms with van der Waals surface area (Å²) < 4.78 is 6.02. The van der Waals surface area contributed by atoms with Crippen molar-refractivity contribution in [3.63, 3.8) is 0 Å². The summed E-state index contributed by atoms with van der Waals surface area (Å²) in [4.78, 5) is 0.334. The Bertz CT molecular complexity index is 777. The fourth-order valence-electron chi connectivity index (χ4n) is 2.16. The molecule has 0 aliphatic rings. The number of para-hydroxylation sites is 1. The Labute approximate surface area is 122 Å². The molecule has 0 heterocycles. The number of thiocarbonyl (C=S) groups is 1. The lowest BCUT2D eigenvalue weighted by atomic mass is 10.1. The van der Waals surface area contributed by atoms with Crippen LogP contribution < -0.4 is 10.5 Å². The summed E-state index contributed by atoms with van der Waals surface area (Å²) in [6.45, 7) is 0. The van der Waals surface area contributed by atoms with E-state index in [4.69, 9.17) is 22.7 Å². The number of hydrogen-bond donors (Lipinski definition) is 1. The molecular weight excluding hydrogens is 266 g/mol. The summed E-state index contributed by atoms with van der Waals surface area (Å²) in [6.07, 6.45) is 0. The molecule has 0 saturated carbocycles. The van der Waals surface area contributed by atoms with Crippen molar-refractivity contribution in [2.75, 3.05) is 0 Å². The Balaban J connectivity index is 2.08. The molecule has 3 heteroatoms. The van der Waals surface area contributed by atoms with Crippen LogP contribution in [0.3, 0.4) is 0 Å². The van der Waals surface area contributed by atoms with E-state index in [-0.39, 0.29) is 0 Å². The van der Waals surface area contributed by atoms with Crippen molar-refractivity contribution in [3.05, 3.63) is 72.3 Å². The second-order valence-corrected chi connectivity index (χ2v) is 4.88. The fourth-order valence-corrected chi connectivity index (χ4v) is 2.33. The standard InChI is InChI=1S/C17H13NOS/c18-17(20)14-9-3-4-10-16(14)19-15-11-5-7-12-6-1-2-8-13(12)15/h1-11H,(H2,18,20). The van der Waals surface area contributed by atoms with Crippen LogP contribution >= 0.6 is 12.2 Å². The normalized spacial score (nSPS) is 10.4. The van der Waals surface area contributed by atoms with Crippen LogP contribution in [0.4, 0.5) is 0 Å². The van der Waals surface area contributed by atoms with E-state index in [1.165, 1.54) is 0 Å². The molecule has 2 N–H and O–H groups in total. The van der Waals surface area contributed by atoms with Gasteiger partial charge in [-0.2, -0.15) is 0 Å². The van der Waals surface area contributed by atoms with E-state index in [1.807, 2.05) is 54.6 Å². The smallest absolute Gasteiger partial charge is 0.137 e. The first-order valence-electron chi connectivity index (χ1n) is 6.30. The molecular formula is C17H13NOS. The third kappa shape index (κ3) is 2.36. The molecule has 3 rings (SSSR count). The Morgan fingerprint density at radius 2 is 1.45 bits per heavy atom. The van der Waals surface area contributed by atoms with E-state index >= 15 is 0 Å². The number of rotatable bonds is 3. The monoisotopic (exact) mass is 279 g/mol. The van der Waals surface area contributed by atoms with E-state index < -0.39 is 0 Å². The molecule has 0 aliphatic carbocycles. The first-order chi connectivity index (χ1) is 9.75. The van der Waals surface area contributed by atoms with Gasteiger partial charge >= 0.3 is 0 Å². The SMILES string of the molecule is NC(=S)c1ccccc1Oc1cccc2ccccc12. The minimum atomic E-state index is 0.334. The number of benzene rings is 3. The zero-order valence-corrected chi connectivity index (χ0v) is 11.6. The van der Waals surface area contributed by atoms with Gasteiger partial charge in [-0.25, -0.2) is 0 Å². The van der Waals surface area contributed by atoms with E-state index in [9.17, 15) is 0 Å². The maximum atomic E-state index is 6.02. The van der Waals surface area contributed by atoms with Gasteiger partial charge in [0.05, 0.1) is 5.56 Å². The minimum Gasteiger partial charge on any atom is -0.456 e. The first kappa shape index (κ1) is 12.6. The molecule has 0 atom stereocenters. The van der Waals surface area contributed by atoms with Gasteiger partial charge in [0.1, 0.15) is 16.5 Å². The van der Waals surface area contributed by atoms with Gasteiger partial charge in [0.25, 0.3) is 0 Å². The van der Waals surface area contributed by atoms with Crippen molar-refractivity contribution >= 4 is 28.0 Å². The molecule has 3 aromatic rings. The van der Waals surface area contributed by atoms with Gasteiger partial charge in [-0.05, 0) is 23.6 Å². The number of ether oxygens (including phenoxy) is 1. The zero-order valence-electron chi connectivity index (χ0n) is 10.7. The van der Waals surface area contributed by atoms with Crippen molar-refractivity contribution in [2.24, 2.45) is 5.73 Å². The molecule has 0 saturated heterocycles. The molecule has 0 bridgehead atoms. The zero-order chi connectivity index (χ0) is 13.9. The summed E-state index contributed by atoms with van der Waals surface area (Å²) in [5.74, 6) is 1.48. The van der Waals surface area contributed by atoms with Crippen molar-refractivity contribution in [2.45, 2.75) is 0 Å². The average Bonchev–Trinajstić information content (AvgIpc) is 2.48. The van der Waals surface area contributed by atoms with Crippen molar-refractivity contribution in [3.8, 4) is 11.5 Å². The Morgan fingerprint density at radius 3 is 2.30 bits per heavy atom. The molecule has 0 spiro atoms. The van der Waals surface area contributed by atoms with Gasteiger partial charge in [0, 0.05) is 5.39 Å².